The van der Waals surface area contributed by atoms with Gasteiger partial charge in [0.2, 0.25) is 5.91 Å². The number of carbonyl (C=O) groups excluding carboxylic acids is 2. The van der Waals surface area contributed by atoms with Crippen molar-refractivity contribution in [2.24, 2.45) is 5.92 Å². The largest absolute Gasteiger partial charge is 0.405 e. The average molecular weight is 318 g/mol. The zero-order valence-corrected chi connectivity index (χ0v) is 11.7. The van der Waals surface area contributed by atoms with Gasteiger partial charge in [0.1, 0.15) is 12.4 Å². The fraction of sp³-hybridized carbons (Fsp3) is 0.429. The van der Waals surface area contributed by atoms with E-state index in [1.807, 2.05) is 0 Å². The van der Waals surface area contributed by atoms with Gasteiger partial charge in [-0.2, -0.15) is 13.2 Å². The summed E-state index contributed by atoms with van der Waals surface area (Å²) in [5.41, 5.74) is -0.0612. The van der Waals surface area contributed by atoms with Crippen LogP contribution in [0.15, 0.2) is 12.1 Å². The number of hydrogen-bond donors (Lipinski definition) is 2. The van der Waals surface area contributed by atoms with E-state index in [9.17, 15) is 27.2 Å². The molecular weight excluding hydrogens is 304 g/mol. The third-order valence-electron chi connectivity index (χ3n) is 3.26. The SMILES string of the molecule is Cc1c(F)cc(C(=O)NCC(F)(F)F)cc1NC(=O)C1CC1. The zero-order chi connectivity index (χ0) is 16.5. The van der Waals surface area contributed by atoms with Gasteiger partial charge in [0, 0.05) is 22.7 Å². The average Bonchev–Trinajstić information content (AvgIpc) is 3.24. The molecular formula is C14H14F4N2O2. The van der Waals surface area contributed by atoms with E-state index in [2.05, 4.69) is 5.32 Å². The summed E-state index contributed by atoms with van der Waals surface area (Å²) in [5.74, 6) is -2.23. The second-order valence-corrected chi connectivity index (χ2v) is 5.19. The molecule has 0 radical (unpaired) electrons. The molecule has 8 heteroatoms. The Labute approximate surface area is 123 Å². The number of rotatable bonds is 4. The Morgan fingerprint density at radius 1 is 1.27 bits per heavy atom. The molecule has 0 atom stereocenters. The minimum Gasteiger partial charge on any atom is -0.343 e. The molecule has 0 heterocycles. The van der Waals surface area contributed by atoms with Crippen LogP contribution < -0.4 is 10.6 Å². The minimum atomic E-state index is -4.55. The molecule has 1 aromatic rings. The lowest BCUT2D eigenvalue weighted by Gasteiger charge is -2.12. The molecule has 1 aromatic carbocycles. The highest BCUT2D eigenvalue weighted by Crippen LogP contribution is 2.31. The molecule has 1 aliphatic carbocycles. The predicted molar refractivity (Wildman–Crippen MR) is 70.9 cm³/mol. The third kappa shape index (κ3) is 4.19. The maximum absolute atomic E-state index is 13.8. The summed E-state index contributed by atoms with van der Waals surface area (Å²) >= 11 is 0. The van der Waals surface area contributed by atoms with Crippen LogP contribution in [0.4, 0.5) is 23.2 Å². The highest BCUT2D eigenvalue weighted by molar-refractivity contribution is 5.98. The summed E-state index contributed by atoms with van der Waals surface area (Å²) in [6.07, 6.45) is -3.06. The highest BCUT2D eigenvalue weighted by atomic mass is 19.4. The molecule has 0 aromatic heterocycles. The topological polar surface area (TPSA) is 58.2 Å². The van der Waals surface area contributed by atoms with Gasteiger partial charge in [0.05, 0.1) is 0 Å². The van der Waals surface area contributed by atoms with Crippen LogP contribution in [0.1, 0.15) is 28.8 Å². The Hall–Kier alpha value is -2.12. The maximum atomic E-state index is 13.8. The fourth-order valence-electron chi connectivity index (χ4n) is 1.80. The van der Waals surface area contributed by atoms with E-state index in [1.54, 1.807) is 5.32 Å². The van der Waals surface area contributed by atoms with E-state index >= 15 is 0 Å². The van der Waals surface area contributed by atoms with Gasteiger partial charge in [0.25, 0.3) is 5.91 Å². The Bertz CT molecular complexity index is 610. The molecule has 0 saturated heterocycles. The second kappa shape index (κ2) is 5.94. The number of benzene rings is 1. The van der Waals surface area contributed by atoms with E-state index in [4.69, 9.17) is 0 Å². The first-order valence-corrected chi connectivity index (χ1v) is 6.63. The van der Waals surface area contributed by atoms with E-state index in [-0.39, 0.29) is 28.6 Å². The van der Waals surface area contributed by atoms with Crippen LogP contribution in [-0.2, 0) is 4.79 Å². The van der Waals surface area contributed by atoms with E-state index in [0.29, 0.717) is 0 Å². The van der Waals surface area contributed by atoms with Crippen LogP contribution in [0, 0.1) is 18.7 Å². The Morgan fingerprint density at radius 2 is 1.91 bits per heavy atom. The van der Waals surface area contributed by atoms with Gasteiger partial charge in [0.15, 0.2) is 0 Å². The molecule has 0 unspecified atom stereocenters. The second-order valence-electron chi connectivity index (χ2n) is 5.19. The first-order valence-electron chi connectivity index (χ1n) is 6.63. The lowest BCUT2D eigenvalue weighted by molar-refractivity contribution is -0.123. The molecule has 2 amide bonds. The van der Waals surface area contributed by atoms with Crippen molar-refractivity contribution in [3.05, 3.63) is 29.1 Å². The summed E-state index contributed by atoms with van der Waals surface area (Å²) in [5, 5.41) is 4.16. The van der Waals surface area contributed by atoms with Crippen molar-refractivity contribution in [3.63, 3.8) is 0 Å². The molecule has 1 fully saturated rings. The first kappa shape index (κ1) is 16.3. The van der Waals surface area contributed by atoms with Crippen molar-refractivity contribution in [3.8, 4) is 0 Å². The molecule has 120 valence electrons. The lowest BCUT2D eigenvalue weighted by atomic mass is 10.1. The van der Waals surface area contributed by atoms with E-state index in [1.165, 1.54) is 13.0 Å². The normalized spacial score (nSPS) is 14.6. The van der Waals surface area contributed by atoms with Crippen molar-refractivity contribution in [1.29, 1.82) is 0 Å². The smallest absolute Gasteiger partial charge is 0.343 e. The predicted octanol–water partition coefficient (Wildman–Crippen LogP) is 2.77. The molecule has 0 bridgehead atoms. The Balaban J connectivity index is 2.16. The molecule has 2 N–H and O–H groups in total. The summed E-state index contributed by atoms with van der Waals surface area (Å²) in [6.45, 7) is -0.0969. The number of halogens is 4. The van der Waals surface area contributed by atoms with Crippen molar-refractivity contribution in [2.75, 3.05) is 11.9 Å². The minimum absolute atomic E-state index is 0.0917. The quantitative estimate of drug-likeness (QED) is 0.839. The van der Waals surface area contributed by atoms with Gasteiger partial charge in [-0.15, -0.1) is 0 Å². The lowest BCUT2D eigenvalue weighted by Crippen LogP contribution is -2.33. The number of anilines is 1. The first-order chi connectivity index (χ1) is 10.2. The summed E-state index contributed by atoms with van der Waals surface area (Å²) in [4.78, 5) is 23.3. The van der Waals surface area contributed by atoms with E-state index in [0.717, 1.165) is 18.9 Å². The van der Waals surface area contributed by atoms with Crippen LogP contribution in [0.25, 0.3) is 0 Å². The molecule has 1 saturated carbocycles. The molecule has 1 aliphatic rings. The van der Waals surface area contributed by atoms with Crippen LogP contribution in [-0.4, -0.2) is 24.5 Å². The standard InChI is InChI=1S/C14H14F4N2O2/c1-7-10(15)4-9(12(21)19-6-14(16,17)18)5-11(7)20-13(22)8-2-3-8/h4-5,8H,2-3,6H2,1H3,(H,19,21)(H,20,22). The van der Waals surface area contributed by atoms with Crippen molar-refractivity contribution < 1.29 is 27.2 Å². The Morgan fingerprint density at radius 3 is 2.45 bits per heavy atom. The van der Waals surface area contributed by atoms with Crippen LogP contribution in [0.3, 0.4) is 0 Å². The van der Waals surface area contributed by atoms with Gasteiger partial charge in [-0.05, 0) is 31.9 Å². The number of amides is 2. The van der Waals surface area contributed by atoms with Crippen molar-refractivity contribution in [1.82, 2.24) is 5.32 Å². The molecule has 0 aliphatic heterocycles. The molecule has 2 rings (SSSR count). The van der Waals surface area contributed by atoms with Crippen LogP contribution in [0.2, 0.25) is 0 Å². The van der Waals surface area contributed by atoms with Crippen LogP contribution in [0.5, 0.6) is 0 Å². The van der Waals surface area contributed by atoms with Gasteiger partial charge < -0.3 is 10.6 Å². The van der Waals surface area contributed by atoms with Gasteiger partial charge >= 0.3 is 6.18 Å². The number of nitrogens with one attached hydrogen (secondary N) is 2. The van der Waals surface area contributed by atoms with E-state index < -0.39 is 24.4 Å². The third-order valence-corrected chi connectivity index (χ3v) is 3.26. The summed E-state index contributed by atoms with van der Waals surface area (Å²) in [6, 6.07) is 2.01. The highest BCUT2D eigenvalue weighted by Gasteiger charge is 2.30. The number of hydrogen-bond acceptors (Lipinski definition) is 2. The Kier molecular flexibility index (Phi) is 4.39. The zero-order valence-electron chi connectivity index (χ0n) is 11.7. The van der Waals surface area contributed by atoms with Crippen LogP contribution >= 0.6 is 0 Å². The number of carbonyl (C=O) groups is 2. The van der Waals surface area contributed by atoms with Crippen molar-refractivity contribution in [2.45, 2.75) is 25.9 Å². The summed E-state index contributed by atoms with van der Waals surface area (Å²) < 4.78 is 50.0. The molecule has 22 heavy (non-hydrogen) atoms. The monoisotopic (exact) mass is 318 g/mol. The van der Waals surface area contributed by atoms with Crippen molar-refractivity contribution >= 4 is 17.5 Å². The van der Waals surface area contributed by atoms with Gasteiger partial charge in [-0.1, -0.05) is 0 Å². The maximum Gasteiger partial charge on any atom is 0.405 e. The number of alkyl halides is 3. The summed E-state index contributed by atoms with van der Waals surface area (Å²) in [7, 11) is 0. The molecule has 4 nitrogen and oxygen atoms in total. The molecule has 0 spiro atoms. The van der Waals surface area contributed by atoms with Gasteiger partial charge in [-0.3, -0.25) is 9.59 Å². The van der Waals surface area contributed by atoms with Gasteiger partial charge in [-0.25, -0.2) is 4.39 Å². The fourth-order valence-corrected chi connectivity index (χ4v) is 1.80.